The molecule has 0 saturated heterocycles. The monoisotopic (exact) mass is 250 g/mol. The highest BCUT2D eigenvalue weighted by Gasteiger charge is 2.04. The van der Waals surface area contributed by atoms with E-state index in [2.05, 4.69) is 5.10 Å². The van der Waals surface area contributed by atoms with Gasteiger partial charge in [-0.25, -0.2) is 0 Å². The molecule has 0 aliphatic rings. The van der Waals surface area contributed by atoms with Gasteiger partial charge in [0.1, 0.15) is 12.4 Å². The summed E-state index contributed by atoms with van der Waals surface area (Å²) in [6, 6.07) is 7.95. The minimum atomic E-state index is 0.458. The lowest BCUT2D eigenvalue weighted by atomic mass is 10.1. The van der Waals surface area contributed by atoms with Crippen molar-refractivity contribution in [3.8, 4) is 5.75 Å². The third-order valence-electron chi connectivity index (χ3n) is 2.50. The molecule has 2 aromatic rings. The fourth-order valence-electron chi connectivity index (χ4n) is 1.65. The van der Waals surface area contributed by atoms with Gasteiger partial charge in [0, 0.05) is 18.8 Å². The second-order valence-electron chi connectivity index (χ2n) is 4.01. The molecule has 0 aliphatic carbocycles. The van der Waals surface area contributed by atoms with E-state index in [1.807, 2.05) is 44.4 Å². The predicted octanol–water partition coefficient (Wildman–Crippen LogP) is 3.05. The Hall–Kier alpha value is -1.48. The number of benzene rings is 1. The Morgan fingerprint density at radius 2 is 2.18 bits per heavy atom. The van der Waals surface area contributed by atoms with Crippen LogP contribution in [0.4, 0.5) is 0 Å². The van der Waals surface area contributed by atoms with E-state index < -0.39 is 0 Å². The van der Waals surface area contributed by atoms with Crippen LogP contribution in [0.1, 0.15) is 16.8 Å². The molecule has 0 fully saturated rings. The third-order valence-corrected chi connectivity index (χ3v) is 2.79. The van der Waals surface area contributed by atoms with Crippen molar-refractivity contribution >= 4 is 11.6 Å². The van der Waals surface area contributed by atoms with E-state index in [0.717, 1.165) is 17.0 Å². The van der Waals surface area contributed by atoms with Crippen LogP contribution in [0, 0.1) is 6.92 Å². The van der Waals surface area contributed by atoms with Crippen molar-refractivity contribution in [1.29, 1.82) is 0 Å². The maximum Gasteiger partial charge on any atom is 0.132 e. The van der Waals surface area contributed by atoms with Gasteiger partial charge in [-0.2, -0.15) is 5.10 Å². The van der Waals surface area contributed by atoms with Crippen LogP contribution >= 0.6 is 11.6 Å². The van der Waals surface area contributed by atoms with Crippen molar-refractivity contribution in [2.24, 2.45) is 7.05 Å². The number of rotatable bonds is 4. The Kier molecular flexibility index (Phi) is 3.69. The zero-order chi connectivity index (χ0) is 12.3. The van der Waals surface area contributed by atoms with Crippen LogP contribution in [0.2, 0.25) is 0 Å². The predicted molar refractivity (Wildman–Crippen MR) is 68.3 cm³/mol. The zero-order valence-electron chi connectivity index (χ0n) is 9.98. The third kappa shape index (κ3) is 3.01. The molecule has 17 heavy (non-hydrogen) atoms. The summed E-state index contributed by atoms with van der Waals surface area (Å²) in [6.07, 6.45) is 1.90. The molecule has 1 heterocycles. The fraction of sp³-hybridized carbons (Fsp3) is 0.308. The molecule has 0 bridgehead atoms. The standard InChI is InChI=1S/C13H15ClN2O/c1-10-3-4-13(11(7-10)8-14)17-9-12-5-6-16(2)15-12/h3-7H,8-9H2,1-2H3. The van der Waals surface area contributed by atoms with E-state index in [4.69, 9.17) is 16.3 Å². The molecular formula is C13H15ClN2O. The van der Waals surface area contributed by atoms with Gasteiger partial charge < -0.3 is 4.74 Å². The molecule has 0 atom stereocenters. The fourth-order valence-corrected chi connectivity index (χ4v) is 1.85. The Bertz CT molecular complexity index is 508. The Morgan fingerprint density at radius 3 is 2.82 bits per heavy atom. The van der Waals surface area contributed by atoms with E-state index in [1.54, 1.807) is 4.68 Å². The molecule has 1 aromatic heterocycles. The smallest absolute Gasteiger partial charge is 0.132 e. The summed E-state index contributed by atoms with van der Waals surface area (Å²) < 4.78 is 7.48. The highest BCUT2D eigenvalue weighted by Crippen LogP contribution is 2.22. The first-order valence-corrected chi connectivity index (χ1v) is 5.99. The lowest BCUT2D eigenvalue weighted by Crippen LogP contribution is -2.00. The van der Waals surface area contributed by atoms with Crippen molar-refractivity contribution in [2.75, 3.05) is 0 Å². The summed E-state index contributed by atoms with van der Waals surface area (Å²) in [6.45, 7) is 2.51. The van der Waals surface area contributed by atoms with Crippen LogP contribution in [0.3, 0.4) is 0 Å². The summed E-state index contributed by atoms with van der Waals surface area (Å²) in [7, 11) is 1.89. The van der Waals surface area contributed by atoms with Crippen molar-refractivity contribution in [2.45, 2.75) is 19.4 Å². The quantitative estimate of drug-likeness (QED) is 0.780. The number of ether oxygens (including phenoxy) is 1. The first kappa shape index (κ1) is 12.0. The van der Waals surface area contributed by atoms with Crippen molar-refractivity contribution < 1.29 is 4.74 Å². The summed E-state index contributed by atoms with van der Waals surface area (Å²) in [4.78, 5) is 0. The van der Waals surface area contributed by atoms with Crippen LogP contribution in [-0.2, 0) is 19.5 Å². The van der Waals surface area contributed by atoms with Crippen molar-refractivity contribution in [3.63, 3.8) is 0 Å². The van der Waals surface area contributed by atoms with Crippen LogP contribution < -0.4 is 4.74 Å². The lowest BCUT2D eigenvalue weighted by molar-refractivity contribution is 0.297. The van der Waals surface area contributed by atoms with Crippen LogP contribution in [-0.4, -0.2) is 9.78 Å². The maximum absolute atomic E-state index is 5.89. The normalized spacial score (nSPS) is 10.5. The van der Waals surface area contributed by atoms with E-state index in [0.29, 0.717) is 12.5 Å². The minimum absolute atomic E-state index is 0.458. The Morgan fingerprint density at radius 1 is 1.35 bits per heavy atom. The lowest BCUT2D eigenvalue weighted by Gasteiger charge is -2.09. The van der Waals surface area contributed by atoms with Gasteiger partial charge in [0.2, 0.25) is 0 Å². The molecule has 0 radical (unpaired) electrons. The van der Waals surface area contributed by atoms with Crippen LogP contribution in [0.15, 0.2) is 30.5 Å². The number of halogens is 1. The van der Waals surface area contributed by atoms with Gasteiger partial charge in [0.05, 0.1) is 11.6 Å². The highest BCUT2D eigenvalue weighted by molar-refractivity contribution is 6.17. The number of hydrogen-bond donors (Lipinski definition) is 0. The number of nitrogens with zero attached hydrogens (tertiary/aromatic N) is 2. The van der Waals surface area contributed by atoms with Crippen LogP contribution in [0.5, 0.6) is 5.75 Å². The molecule has 90 valence electrons. The van der Waals surface area contributed by atoms with Gasteiger partial charge in [0.25, 0.3) is 0 Å². The minimum Gasteiger partial charge on any atom is -0.487 e. The summed E-state index contributed by atoms with van der Waals surface area (Å²) in [5, 5.41) is 4.26. The molecule has 0 amide bonds. The molecule has 0 spiro atoms. The van der Waals surface area contributed by atoms with Gasteiger partial charge in [-0.05, 0) is 19.1 Å². The van der Waals surface area contributed by atoms with Crippen LogP contribution in [0.25, 0.3) is 0 Å². The molecular weight excluding hydrogens is 236 g/mol. The van der Waals surface area contributed by atoms with Gasteiger partial charge in [0.15, 0.2) is 0 Å². The average molecular weight is 251 g/mol. The number of hydrogen-bond acceptors (Lipinski definition) is 2. The van der Waals surface area contributed by atoms with Gasteiger partial charge >= 0.3 is 0 Å². The highest BCUT2D eigenvalue weighted by atomic mass is 35.5. The Balaban J connectivity index is 2.08. The largest absolute Gasteiger partial charge is 0.487 e. The summed E-state index contributed by atoms with van der Waals surface area (Å²) >= 11 is 5.89. The number of aromatic nitrogens is 2. The average Bonchev–Trinajstić information content (AvgIpc) is 2.73. The molecule has 3 nitrogen and oxygen atoms in total. The second kappa shape index (κ2) is 5.23. The molecule has 2 rings (SSSR count). The second-order valence-corrected chi connectivity index (χ2v) is 4.28. The van der Waals surface area contributed by atoms with Crippen molar-refractivity contribution in [3.05, 3.63) is 47.3 Å². The van der Waals surface area contributed by atoms with E-state index in [-0.39, 0.29) is 0 Å². The van der Waals surface area contributed by atoms with E-state index in [9.17, 15) is 0 Å². The first-order chi connectivity index (χ1) is 8.19. The number of aryl methyl sites for hydroxylation is 2. The SMILES string of the molecule is Cc1ccc(OCc2ccn(C)n2)c(CCl)c1. The maximum atomic E-state index is 5.89. The molecule has 1 aromatic carbocycles. The molecule has 0 aliphatic heterocycles. The van der Waals surface area contributed by atoms with E-state index >= 15 is 0 Å². The molecule has 0 saturated carbocycles. The van der Waals surface area contributed by atoms with E-state index in [1.165, 1.54) is 5.56 Å². The molecule has 0 N–H and O–H groups in total. The molecule has 0 unspecified atom stereocenters. The first-order valence-electron chi connectivity index (χ1n) is 5.46. The summed E-state index contributed by atoms with van der Waals surface area (Å²) in [5.41, 5.74) is 3.11. The zero-order valence-corrected chi connectivity index (χ0v) is 10.7. The topological polar surface area (TPSA) is 27.1 Å². The van der Waals surface area contributed by atoms with Gasteiger partial charge in [-0.15, -0.1) is 11.6 Å². The van der Waals surface area contributed by atoms with Crippen molar-refractivity contribution in [1.82, 2.24) is 9.78 Å². The Labute approximate surface area is 106 Å². The van der Waals surface area contributed by atoms with Gasteiger partial charge in [-0.1, -0.05) is 17.7 Å². The molecule has 4 heteroatoms. The number of alkyl halides is 1. The van der Waals surface area contributed by atoms with Gasteiger partial charge in [-0.3, -0.25) is 4.68 Å². The summed E-state index contributed by atoms with van der Waals surface area (Å²) in [5.74, 6) is 1.29.